The topological polar surface area (TPSA) is 8.17 Å². The molecule has 4 fully saturated rings. The molecule has 4 bridgehead atoms. The predicted molar refractivity (Wildman–Crippen MR) is 236 cm³/mol. The number of para-hydroxylation sites is 2. The maximum Gasteiger partial charge on any atom is 0.0561 e. The van der Waals surface area contributed by atoms with Gasteiger partial charge in [-0.25, -0.2) is 0 Å². The van der Waals surface area contributed by atoms with Crippen LogP contribution in [0.25, 0.3) is 58.8 Å². The van der Waals surface area contributed by atoms with Crippen molar-refractivity contribution in [3.05, 3.63) is 169 Å². The highest BCUT2D eigenvalue weighted by Crippen LogP contribution is 2.68. The van der Waals surface area contributed by atoms with Crippen molar-refractivity contribution in [2.24, 2.45) is 23.7 Å². The number of nitrogens with zero attached hydrogens (tertiary/aromatic N) is 2. The Morgan fingerprint density at radius 1 is 0.464 bits per heavy atom. The molecule has 0 radical (unpaired) electrons. The van der Waals surface area contributed by atoms with Crippen LogP contribution < -0.4 is 4.90 Å². The summed E-state index contributed by atoms with van der Waals surface area (Å²) in [5, 5.41) is 5.21. The number of benzene rings is 7. The first-order chi connectivity index (χ1) is 27.7. The SMILES string of the molecule is c1ccc(-n2c3ccccc3c3ccc(N(c4ccc5c(c4)-c4ccccc4C54C5CCC6CC(C5)CC4C6)c4ccc5sc6ccccc6c5c4)cc32)cc1. The van der Waals surface area contributed by atoms with Crippen LogP contribution >= 0.6 is 11.3 Å². The van der Waals surface area contributed by atoms with E-state index in [0.29, 0.717) is 0 Å². The van der Waals surface area contributed by atoms with Crippen molar-refractivity contribution in [2.45, 2.75) is 43.9 Å². The van der Waals surface area contributed by atoms with Gasteiger partial charge in [-0.05, 0) is 145 Å². The van der Waals surface area contributed by atoms with Gasteiger partial charge in [0.05, 0.1) is 11.0 Å². The second-order valence-corrected chi connectivity index (χ2v) is 18.4. The maximum absolute atomic E-state index is 2.58. The van der Waals surface area contributed by atoms with Gasteiger partial charge in [0.15, 0.2) is 0 Å². The maximum atomic E-state index is 2.58. The highest BCUT2D eigenvalue weighted by atomic mass is 32.1. The van der Waals surface area contributed by atoms with Crippen molar-refractivity contribution in [3.63, 3.8) is 0 Å². The number of thiophene rings is 1. The average Bonchev–Trinajstić information content (AvgIpc) is 3.82. The molecule has 2 heterocycles. The zero-order valence-corrected chi connectivity index (χ0v) is 32.2. The van der Waals surface area contributed by atoms with Crippen LogP contribution in [0.4, 0.5) is 17.1 Å². The third-order valence-corrected chi connectivity index (χ3v) is 15.8. The van der Waals surface area contributed by atoms with Crippen molar-refractivity contribution in [1.82, 2.24) is 4.57 Å². The summed E-state index contributed by atoms with van der Waals surface area (Å²) in [6.45, 7) is 0. The summed E-state index contributed by atoms with van der Waals surface area (Å²) in [5.74, 6) is 3.32. The van der Waals surface area contributed by atoms with E-state index in [2.05, 4.69) is 167 Å². The lowest BCUT2D eigenvalue weighted by Gasteiger charge is -2.53. The van der Waals surface area contributed by atoms with Crippen LogP contribution in [0, 0.1) is 23.7 Å². The summed E-state index contributed by atoms with van der Waals surface area (Å²) in [6, 6.07) is 60.0. The third kappa shape index (κ3) is 4.27. The second kappa shape index (κ2) is 11.7. The lowest BCUT2D eigenvalue weighted by atomic mass is 9.51. The van der Waals surface area contributed by atoms with E-state index in [-0.39, 0.29) is 5.41 Å². The minimum Gasteiger partial charge on any atom is -0.310 e. The van der Waals surface area contributed by atoms with Crippen LogP contribution in [0.3, 0.4) is 0 Å². The van der Waals surface area contributed by atoms with Crippen LogP contribution in [-0.2, 0) is 5.41 Å². The molecule has 14 rings (SSSR count). The first-order valence-electron chi connectivity index (χ1n) is 20.8. The molecule has 0 amide bonds. The molecule has 270 valence electrons. The van der Waals surface area contributed by atoms with Gasteiger partial charge in [0.2, 0.25) is 0 Å². The minimum atomic E-state index is 0.144. The first-order valence-corrected chi connectivity index (χ1v) is 21.6. The number of rotatable bonds is 4. The van der Waals surface area contributed by atoms with Gasteiger partial charge in [-0.2, -0.15) is 0 Å². The molecule has 3 heteroatoms. The van der Waals surface area contributed by atoms with E-state index in [0.717, 1.165) is 23.7 Å². The molecule has 5 aliphatic carbocycles. The normalized spacial score (nSPS) is 23.4. The lowest BCUT2D eigenvalue weighted by Crippen LogP contribution is -2.48. The fourth-order valence-electron chi connectivity index (χ4n) is 12.7. The highest BCUT2D eigenvalue weighted by Gasteiger charge is 2.59. The van der Waals surface area contributed by atoms with Crippen molar-refractivity contribution in [3.8, 4) is 16.8 Å². The fourth-order valence-corrected chi connectivity index (χ4v) is 13.8. The molecule has 5 unspecified atom stereocenters. The second-order valence-electron chi connectivity index (χ2n) is 17.3. The zero-order valence-electron chi connectivity index (χ0n) is 31.4. The zero-order chi connectivity index (χ0) is 36.5. The summed E-state index contributed by atoms with van der Waals surface area (Å²) >= 11 is 1.89. The molecule has 5 aliphatic rings. The van der Waals surface area contributed by atoms with Crippen LogP contribution in [0.1, 0.15) is 49.7 Å². The molecule has 1 spiro atoms. The molecule has 2 nitrogen and oxygen atoms in total. The summed E-state index contributed by atoms with van der Waals surface area (Å²) in [5.41, 5.74) is 13.5. The monoisotopic (exact) mass is 738 g/mol. The van der Waals surface area contributed by atoms with Gasteiger partial charge >= 0.3 is 0 Å². The van der Waals surface area contributed by atoms with E-state index < -0.39 is 0 Å². The first kappa shape index (κ1) is 31.6. The van der Waals surface area contributed by atoms with E-state index in [1.54, 1.807) is 11.1 Å². The molecule has 2 aromatic heterocycles. The van der Waals surface area contributed by atoms with E-state index in [1.807, 2.05) is 11.3 Å². The Morgan fingerprint density at radius 3 is 2.09 bits per heavy atom. The molecule has 5 atom stereocenters. The van der Waals surface area contributed by atoms with Crippen LogP contribution in [0.5, 0.6) is 0 Å². The summed E-state index contributed by atoms with van der Waals surface area (Å²) in [6.07, 6.45) is 8.48. The molecule has 4 saturated carbocycles. The number of hydrogen-bond acceptors (Lipinski definition) is 2. The molecule has 7 aromatic carbocycles. The molecular weight excluding hydrogens is 697 g/mol. The molecule has 56 heavy (non-hydrogen) atoms. The molecule has 0 N–H and O–H groups in total. The van der Waals surface area contributed by atoms with Crippen LogP contribution in [0.15, 0.2) is 158 Å². The van der Waals surface area contributed by atoms with Crippen LogP contribution in [-0.4, -0.2) is 4.57 Å². The largest absolute Gasteiger partial charge is 0.310 e. The fraction of sp³-hybridized carbons (Fsp3) is 0.208. The Labute approximate surface area is 331 Å². The van der Waals surface area contributed by atoms with Gasteiger partial charge in [-0.15, -0.1) is 11.3 Å². The number of hydrogen-bond donors (Lipinski definition) is 0. The number of fused-ring (bicyclic) bond motifs is 10. The van der Waals surface area contributed by atoms with Crippen molar-refractivity contribution in [2.75, 3.05) is 4.90 Å². The quantitative estimate of drug-likeness (QED) is 0.175. The van der Waals surface area contributed by atoms with Crippen LogP contribution in [0.2, 0.25) is 0 Å². The van der Waals surface area contributed by atoms with E-state index in [1.165, 1.54) is 114 Å². The van der Waals surface area contributed by atoms with Crippen molar-refractivity contribution in [1.29, 1.82) is 0 Å². The van der Waals surface area contributed by atoms with Gasteiger partial charge in [0.25, 0.3) is 0 Å². The van der Waals surface area contributed by atoms with Gasteiger partial charge < -0.3 is 9.47 Å². The average molecular weight is 739 g/mol. The minimum absolute atomic E-state index is 0.144. The number of aromatic nitrogens is 1. The molecular formula is C53H42N2S. The molecule has 9 aromatic rings. The number of anilines is 3. The third-order valence-electron chi connectivity index (χ3n) is 14.6. The smallest absolute Gasteiger partial charge is 0.0561 e. The standard InChI is InChI=1S/C53H42N2S/c1-2-10-37(11-3-1)55-49-16-8-5-13-42(49)43-23-20-40(32-50(43)55)54(39-22-25-52-46(31-39)44-14-6-9-17-51(44)56-52)38-21-24-48-45(30-38)41-12-4-7-15-47(41)53(48)35-19-18-33-26-34(28-35)29-36(53)27-33/h1-17,20-25,30-36H,18-19,26-29H2. The van der Waals surface area contributed by atoms with E-state index >= 15 is 0 Å². The summed E-state index contributed by atoms with van der Waals surface area (Å²) in [4.78, 5) is 2.54. The van der Waals surface area contributed by atoms with Crippen molar-refractivity contribution >= 4 is 70.4 Å². The van der Waals surface area contributed by atoms with Gasteiger partial charge in [0.1, 0.15) is 0 Å². The summed E-state index contributed by atoms with van der Waals surface area (Å²) < 4.78 is 5.11. The molecule has 0 aliphatic heterocycles. The van der Waals surface area contributed by atoms with Gasteiger partial charge in [-0.3, -0.25) is 0 Å². The van der Waals surface area contributed by atoms with Crippen molar-refractivity contribution < 1.29 is 0 Å². The lowest BCUT2D eigenvalue weighted by molar-refractivity contribution is 0.0618. The highest BCUT2D eigenvalue weighted by molar-refractivity contribution is 7.25. The predicted octanol–water partition coefficient (Wildman–Crippen LogP) is 14.7. The summed E-state index contributed by atoms with van der Waals surface area (Å²) in [7, 11) is 0. The van der Waals surface area contributed by atoms with E-state index in [4.69, 9.17) is 0 Å². The Kier molecular flexibility index (Phi) is 6.59. The Hall–Kier alpha value is -5.64. The Balaban J connectivity index is 1.06. The molecule has 0 saturated heterocycles. The van der Waals surface area contributed by atoms with E-state index in [9.17, 15) is 0 Å². The Bertz CT molecular complexity index is 3030. The van der Waals surface area contributed by atoms with Gasteiger partial charge in [0, 0.05) is 59.1 Å². The van der Waals surface area contributed by atoms with Gasteiger partial charge in [-0.1, -0.05) is 97.4 Å². The Morgan fingerprint density at radius 2 is 1.14 bits per heavy atom.